The Morgan fingerprint density at radius 1 is 0.894 bits per heavy atom. The number of carbonyl (C=O) groups excluding carboxylic acids is 5. The lowest BCUT2D eigenvalue weighted by Gasteiger charge is -2.44. The topological polar surface area (TPSA) is 185 Å². The molecule has 66 heavy (non-hydrogen) atoms. The lowest BCUT2D eigenvalue weighted by atomic mass is 9.82. The molecule has 5 amide bonds. The molecule has 0 bridgehead atoms. The number of halogens is 2. The maximum absolute atomic E-state index is 13.7. The number of aromatic nitrogens is 2. The summed E-state index contributed by atoms with van der Waals surface area (Å²) in [5.41, 5.74) is 2.07. The summed E-state index contributed by atoms with van der Waals surface area (Å²) >= 11 is 5.98. The highest BCUT2D eigenvalue weighted by atomic mass is 35.5. The maximum atomic E-state index is 13.7. The number of piperazine rings is 1. The Morgan fingerprint density at radius 3 is 2.39 bits per heavy atom. The van der Waals surface area contributed by atoms with Crippen LogP contribution in [0.5, 0.6) is 17.2 Å². The molecule has 0 saturated carbocycles. The number of benzene rings is 3. The van der Waals surface area contributed by atoms with Crippen molar-refractivity contribution in [2.45, 2.75) is 63.0 Å². The Hall–Kier alpha value is -5.95. The quantitative estimate of drug-likeness (QED) is 0.123. The van der Waals surface area contributed by atoms with Gasteiger partial charge in [0.2, 0.25) is 17.7 Å². The van der Waals surface area contributed by atoms with Gasteiger partial charge >= 0.3 is 0 Å². The molecular weight excluding hydrogens is 875 g/mol. The number of carbonyl (C=O) groups is 5. The van der Waals surface area contributed by atoms with Crippen LogP contribution in [0.15, 0.2) is 48.8 Å². The van der Waals surface area contributed by atoms with Crippen molar-refractivity contribution in [3.8, 4) is 17.2 Å². The van der Waals surface area contributed by atoms with Gasteiger partial charge in [0.25, 0.3) is 11.8 Å². The van der Waals surface area contributed by atoms with Crippen LogP contribution in [0.4, 0.5) is 15.9 Å². The predicted molar refractivity (Wildman–Crippen MR) is 240 cm³/mol. The van der Waals surface area contributed by atoms with E-state index in [0.717, 1.165) is 68.0 Å². The van der Waals surface area contributed by atoms with E-state index in [-0.39, 0.29) is 34.9 Å². The average molecular weight is 927 g/mol. The lowest BCUT2D eigenvalue weighted by molar-refractivity contribution is -0.137. The van der Waals surface area contributed by atoms with Crippen LogP contribution in [0.1, 0.15) is 71.2 Å². The Bertz CT molecular complexity index is 2550. The van der Waals surface area contributed by atoms with Gasteiger partial charge in [0.1, 0.15) is 35.4 Å². The fourth-order valence-electron chi connectivity index (χ4n) is 9.46. The van der Waals surface area contributed by atoms with Gasteiger partial charge in [-0.1, -0.05) is 11.6 Å². The number of rotatable bonds is 15. The van der Waals surface area contributed by atoms with Crippen LogP contribution in [0.25, 0.3) is 10.9 Å². The van der Waals surface area contributed by atoms with Crippen molar-refractivity contribution in [2.75, 3.05) is 84.6 Å². The SMILES string of the molecule is COc1cc2ncnc(Nc3ccc(F)c(Cl)c3)c2cc1OCCCN1CCN(CCOCCC(=O)N2CCC3(CCc4cc5c(cc4O3)C(=O)N(C3CCC(=O)NC3=O)C5=O)CC2)CC1. The minimum absolute atomic E-state index is 0.00848. The number of fused-ring (bicyclic) bond motifs is 3. The Labute approximate surface area is 385 Å². The van der Waals surface area contributed by atoms with Gasteiger partial charge in [-0.25, -0.2) is 14.4 Å². The van der Waals surface area contributed by atoms with Crippen molar-refractivity contribution in [1.82, 2.24) is 34.9 Å². The zero-order valence-corrected chi connectivity index (χ0v) is 37.5. The van der Waals surface area contributed by atoms with Crippen molar-refractivity contribution < 1.29 is 47.3 Å². The molecule has 0 aliphatic carbocycles. The summed E-state index contributed by atoms with van der Waals surface area (Å²) in [7, 11) is 1.59. The van der Waals surface area contributed by atoms with Crippen molar-refractivity contribution in [3.05, 3.63) is 76.3 Å². The minimum Gasteiger partial charge on any atom is -0.493 e. The predicted octanol–water partition coefficient (Wildman–Crippen LogP) is 4.76. The molecular formula is C47H52ClFN8O9. The summed E-state index contributed by atoms with van der Waals surface area (Å²) in [6, 6.07) is 10.3. The maximum Gasteiger partial charge on any atom is 0.262 e. The van der Waals surface area contributed by atoms with E-state index in [2.05, 4.69) is 30.4 Å². The molecule has 19 heteroatoms. The average Bonchev–Trinajstić information content (AvgIpc) is 3.55. The minimum atomic E-state index is -1.02. The van der Waals surface area contributed by atoms with E-state index < -0.39 is 41.1 Å². The number of hydrogen-bond donors (Lipinski definition) is 2. The van der Waals surface area contributed by atoms with Gasteiger partial charge in [0.05, 0.1) is 55.0 Å². The number of likely N-dealkylation sites (tertiary alicyclic amines) is 1. The van der Waals surface area contributed by atoms with Crippen molar-refractivity contribution in [3.63, 3.8) is 0 Å². The van der Waals surface area contributed by atoms with E-state index in [1.807, 2.05) is 11.0 Å². The van der Waals surface area contributed by atoms with Gasteiger partial charge in [-0.15, -0.1) is 0 Å². The van der Waals surface area contributed by atoms with Crippen LogP contribution in [0.2, 0.25) is 5.02 Å². The highest BCUT2D eigenvalue weighted by Gasteiger charge is 2.47. The number of nitrogens with zero attached hydrogens (tertiary/aromatic N) is 6. The molecule has 3 aromatic carbocycles. The first-order valence-corrected chi connectivity index (χ1v) is 22.9. The van der Waals surface area contributed by atoms with Crippen molar-refractivity contribution in [2.24, 2.45) is 0 Å². The molecule has 1 aromatic heterocycles. The number of nitrogens with one attached hydrogen (secondary N) is 2. The molecule has 6 heterocycles. The Kier molecular flexibility index (Phi) is 13.4. The summed E-state index contributed by atoms with van der Waals surface area (Å²) in [6.45, 7) is 7.91. The summed E-state index contributed by atoms with van der Waals surface area (Å²) in [4.78, 5) is 80.4. The summed E-state index contributed by atoms with van der Waals surface area (Å²) in [5.74, 6) is -0.373. The second-order valence-corrected chi connectivity index (χ2v) is 17.8. The van der Waals surface area contributed by atoms with E-state index >= 15 is 0 Å². The number of hydrogen-bond acceptors (Lipinski definition) is 14. The van der Waals surface area contributed by atoms with Crippen LogP contribution in [-0.2, 0) is 25.5 Å². The fraction of sp³-hybridized carbons (Fsp3) is 0.468. The van der Waals surface area contributed by atoms with Crippen LogP contribution in [0.3, 0.4) is 0 Å². The first-order chi connectivity index (χ1) is 32.0. The zero-order chi connectivity index (χ0) is 46.0. The van der Waals surface area contributed by atoms with E-state index in [1.165, 1.54) is 18.5 Å². The highest BCUT2D eigenvalue weighted by Crippen LogP contribution is 2.43. The molecule has 1 spiro atoms. The molecule has 5 aliphatic rings. The molecule has 0 radical (unpaired) electrons. The normalized spacial score (nSPS) is 19.7. The summed E-state index contributed by atoms with van der Waals surface area (Å²) in [6.07, 6.45) is 5.41. The molecule has 3 saturated heterocycles. The number of ether oxygens (including phenoxy) is 4. The second kappa shape index (κ2) is 19.5. The van der Waals surface area contributed by atoms with Crippen molar-refractivity contribution >= 4 is 63.5 Å². The van der Waals surface area contributed by atoms with Crippen LogP contribution in [-0.4, -0.2) is 150 Å². The monoisotopic (exact) mass is 926 g/mol. The van der Waals surface area contributed by atoms with Gasteiger partial charge in [-0.3, -0.25) is 39.1 Å². The second-order valence-electron chi connectivity index (χ2n) is 17.4. The van der Waals surface area contributed by atoms with Crippen LogP contribution < -0.4 is 24.8 Å². The van der Waals surface area contributed by atoms with Gasteiger partial charge in [0.15, 0.2) is 11.5 Å². The van der Waals surface area contributed by atoms with Gasteiger partial charge in [0, 0.05) is 88.8 Å². The third kappa shape index (κ3) is 9.63. The number of amides is 5. The van der Waals surface area contributed by atoms with Crippen LogP contribution in [0, 0.1) is 5.82 Å². The first kappa shape index (κ1) is 45.2. The fourth-order valence-corrected chi connectivity index (χ4v) is 9.64. The Balaban J connectivity index is 0.659. The molecule has 17 nitrogen and oxygen atoms in total. The third-order valence-electron chi connectivity index (χ3n) is 13.3. The summed E-state index contributed by atoms with van der Waals surface area (Å²) < 4.78 is 38.0. The van der Waals surface area contributed by atoms with E-state index in [9.17, 15) is 28.4 Å². The van der Waals surface area contributed by atoms with Crippen LogP contribution >= 0.6 is 11.6 Å². The van der Waals surface area contributed by atoms with Gasteiger partial charge < -0.3 is 34.1 Å². The number of piperidine rings is 2. The zero-order valence-electron chi connectivity index (χ0n) is 36.7. The molecule has 4 aromatic rings. The number of imide groups is 2. The third-order valence-corrected chi connectivity index (χ3v) is 13.6. The van der Waals surface area contributed by atoms with E-state index in [1.54, 1.807) is 31.4 Å². The molecule has 5 aliphatic heterocycles. The largest absolute Gasteiger partial charge is 0.493 e. The smallest absolute Gasteiger partial charge is 0.262 e. The highest BCUT2D eigenvalue weighted by molar-refractivity contribution is 6.31. The lowest BCUT2D eigenvalue weighted by Crippen LogP contribution is -2.54. The molecule has 3 fully saturated rings. The molecule has 1 unspecified atom stereocenters. The molecule has 348 valence electrons. The Morgan fingerprint density at radius 2 is 1.65 bits per heavy atom. The molecule has 9 rings (SSSR count). The van der Waals surface area contributed by atoms with E-state index in [0.29, 0.717) is 92.9 Å². The molecule has 2 N–H and O–H groups in total. The number of anilines is 2. The first-order valence-electron chi connectivity index (χ1n) is 22.5. The molecule has 1 atom stereocenters. The van der Waals surface area contributed by atoms with Crippen molar-refractivity contribution in [1.29, 1.82) is 0 Å². The standard InChI is InChI=1S/C47H52ClFN8O9/c1-63-39-27-36-33(43(51-28-50-36)52-30-3-4-35(49)34(48)24-30)26-40(39)65-20-2-12-54-15-17-55(18-16-54)19-22-64-21-8-42(59)56-13-10-47(11-14-56)9-7-29-23-31-32(25-38(29)66-47)46(62)57(45(31)61)37-5-6-41(58)53-44(37)60/h3-4,23-28,37H,2,5-22H2,1H3,(H,50,51,52)(H,53,58,60). The number of methoxy groups -OCH3 is 1. The van der Waals surface area contributed by atoms with E-state index in [4.69, 9.17) is 30.5 Å². The van der Waals surface area contributed by atoms with Gasteiger partial charge in [-0.2, -0.15) is 0 Å². The van der Waals surface area contributed by atoms with Gasteiger partial charge in [-0.05, 0) is 67.6 Å². The summed E-state index contributed by atoms with van der Waals surface area (Å²) in [5, 5.41) is 6.15. The number of aryl methyl sites for hydroxylation is 1.